The lowest BCUT2D eigenvalue weighted by molar-refractivity contribution is -0.144. The second-order valence-corrected chi connectivity index (χ2v) is 10.4. The van der Waals surface area contributed by atoms with Crippen LogP contribution in [0.1, 0.15) is 62.4 Å². The summed E-state index contributed by atoms with van der Waals surface area (Å²) in [4.78, 5) is 0. The summed E-state index contributed by atoms with van der Waals surface area (Å²) < 4.78 is 0. The quantitative estimate of drug-likeness (QED) is 0.739. The summed E-state index contributed by atoms with van der Waals surface area (Å²) >= 11 is 7.62. The van der Waals surface area contributed by atoms with E-state index in [1.807, 2.05) is 0 Å². The molecule has 4 fully saturated rings. The Bertz CT molecular complexity index is 537. The van der Waals surface area contributed by atoms with E-state index in [1.165, 1.54) is 43.5 Å². The van der Waals surface area contributed by atoms with Crippen LogP contribution >= 0.6 is 22.9 Å². The summed E-state index contributed by atoms with van der Waals surface area (Å²) in [5, 5.41) is 11.2. The highest BCUT2D eigenvalue weighted by Crippen LogP contribution is 2.70. The maximum absolute atomic E-state index is 5.82. The molecule has 0 amide bonds. The highest BCUT2D eigenvalue weighted by Gasteiger charge is 2.59. The molecule has 0 saturated heterocycles. The minimum atomic E-state index is 0.515. The van der Waals surface area contributed by atoms with Crippen molar-refractivity contribution in [2.24, 2.45) is 22.2 Å². The summed E-state index contributed by atoms with van der Waals surface area (Å²) in [7, 11) is 0. The Morgan fingerprint density at radius 2 is 1.71 bits per heavy atom. The molecule has 116 valence electrons. The van der Waals surface area contributed by atoms with Crippen LogP contribution in [-0.4, -0.2) is 16.1 Å². The van der Waals surface area contributed by atoms with Crippen molar-refractivity contribution < 1.29 is 0 Å². The summed E-state index contributed by atoms with van der Waals surface area (Å²) in [6.07, 6.45) is 10.7. The van der Waals surface area contributed by atoms with Crippen molar-refractivity contribution in [3.05, 3.63) is 10.0 Å². The van der Waals surface area contributed by atoms with E-state index in [4.69, 9.17) is 11.6 Å². The molecule has 0 aromatic carbocycles. The second-order valence-electron chi connectivity index (χ2n) is 8.84. The third kappa shape index (κ3) is 2.55. The van der Waals surface area contributed by atoms with Gasteiger partial charge in [0.2, 0.25) is 0 Å². The fraction of sp³-hybridized carbons (Fsp3) is 0.882. The van der Waals surface area contributed by atoms with Crippen LogP contribution in [0, 0.1) is 22.2 Å². The molecule has 4 bridgehead atoms. The third-order valence-corrected chi connectivity index (χ3v) is 7.26. The second kappa shape index (κ2) is 4.67. The topological polar surface area (TPSA) is 25.8 Å². The predicted molar refractivity (Wildman–Crippen MR) is 87.9 cm³/mol. The Kier molecular flexibility index (Phi) is 3.21. The lowest BCUT2D eigenvalue weighted by Gasteiger charge is -2.65. The zero-order valence-electron chi connectivity index (χ0n) is 13.1. The van der Waals surface area contributed by atoms with Crippen molar-refractivity contribution in [3.8, 4) is 0 Å². The number of hydrogen-bond acceptors (Lipinski definition) is 3. The maximum Gasteiger partial charge on any atom is 0.118 e. The molecule has 0 aliphatic heterocycles. The van der Waals surface area contributed by atoms with Gasteiger partial charge in [-0.1, -0.05) is 13.8 Å². The molecule has 4 aliphatic carbocycles. The van der Waals surface area contributed by atoms with E-state index in [-0.39, 0.29) is 0 Å². The van der Waals surface area contributed by atoms with Gasteiger partial charge in [0.15, 0.2) is 0 Å². The average Bonchev–Trinajstić information content (AvgIpc) is 2.71. The lowest BCUT2D eigenvalue weighted by Crippen LogP contribution is -2.55. The molecule has 4 saturated carbocycles. The molecular formula is C17H25ClN2S. The van der Waals surface area contributed by atoms with Crippen molar-refractivity contribution in [2.75, 3.05) is 5.88 Å². The molecule has 1 heterocycles. The number of halogens is 1. The third-order valence-electron chi connectivity index (χ3n) is 6.09. The van der Waals surface area contributed by atoms with Crippen LogP contribution < -0.4 is 0 Å². The van der Waals surface area contributed by atoms with Crippen LogP contribution in [0.3, 0.4) is 0 Å². The minimum Gasteiger partial charge on any atom is -0.144 e. The number of hydrogen-bond donors (Lipinski definition) is 0. The molecule has 0 radical (unpaired) electrons. The van der Waals surface area contributed by atoms with Gasteiger partial charge in [0.1, 0.15) is 10.0 Å². The number of aromatic nitrogens is 2. The average molecular weight is 325 g/mol. The molecule has 4 aliphatic rings. The lowest BCUT2D eigenvalue weighted by atomic mass is 9.40. The Hall–Kier alpha value is -0.150. The van der Waals surface area contributed by atoms with Gasteiger partial charge in [-0.3, -0.25) is 0 Å². The van der Waals surface area contributed by atoms with Crippen molar-refractivity contribution in [2.45, 2.75) is 65.2 Å². The fourth-order valence-electron chi connectivity index (χ4n) is 6.74. The van der Waals surface area contributed by atoms with E-state index in [1.54, 1.807) is 11.3 Å². The summed E-state index contributed by atoms with van der Waals surface area (Å²) in [5.41, 5.74) is 1.70. The van der Waals surface area contributed by atoms with Gasteiger partial charge in [0, 0.05) is 18.7 Å². The molecule has 21 heavy (non-hydrogen) atoms. The first-order valence-corrected chi connectivity index (χ1v) is 9.64. The first-order valence-electron chi connectivity index (χ1n) is 8.29. The summed E-state index contributed by atoms with van der Waals surface area (Å²) in [6.45, 7) is 5.09. The van der Waals surface area contributed by atoms with Crippen molar-refractivity contribution in [3.63, 3.8) is 0 Å². The van der Waals surface area contributed by atoms with Crippen molar-refractivity contribution >= 4 is 22.9 Å². The molecule has 5 rings (SSSR count). The zero-order valence-corrected chi connectivity index (χ0v) is 14.7. The number of rotatable bonds is 4. The van der Waals surface area contributed by atoms with Crippen LogP contribution in [-0.2, 0) is 12.8 Å². The number of alkyl halides is 1. The van der Waals surface area contributed by atoms with E-state index in [0.29, 0.717) is 22.1 Å². The monoisotopic (exact) mass is 324 g/mol. The first kappa shape index (κ1) is 14.4. The number of aryl methyl sites for hydroxylation is 1. The zero-order chi connectivity index (χ0) is 14.7. The Labute approximate surface area is 136 Å². The van der Waals surface area contributed by atoms with Crippen LogP contribution in [0.5, 0.6) is 0 Å². The van der Waals surface area contributed by atoms with Gasteiger partial charge in [0.05, 0.1) is 0 Å². The molecule has 1 aromatic heterocycles. The molecule has 4 heteroatoms. The van der Waals surface area contributed by atoms with Crippen LogP contribution in [0.2, 0.25) is 0 Å². The minimum absolute atomic E-state index is 0.515. The van der Waals surface area contributed by atoms with Crippen molar-refractivity contribution in [1.29, 1.82) is 0 Å². The van der Waals surface area contributed by atoms with Gasteiger partial charge in [-0.05, 0) is 60.7 Å². The highest BCUT2D eigenvalue weighted by molar-refractivity contribution is 7.11. The van der Waals surface area contributed by atoms with E-state index in [0.717, 1.165) is 23.8 Å². The molecule has 2 atom stereocenters. The summed E-state index contributed by atoms with van der Waals surface area (Å²) in [5.74, 6) is 1.62. The van der Waals surface area contributed by atoms with Crippen LogP contribution in [0.25, 0.3) is 0 Å². The van der Waals surface area contributed by atoms with Crippen LogP contribution in [0.15, 0.2) is 0 Å². The molecule has 0 N–H and O–H groups in total. The van der Waals surface area contributed by atoms with Gasteiger partial charge in [0.25, 0.3) is 0 Å². The Morgan fingerprint density at radius 1 is 1.05 bits per heavy atom. The predicted octanol–water partition coefficient (Wildman–Crippen LogP) is 4.86. The standard InChI is InChI=1S/C17H25ClN2S/c1-15-5-12-6-16(2,9-15)11-17(7-12,10-15)8-14-20-19-13(21-14)3-4-18/h12H,3-11H2,1-2H3. The molecular weight excluding hydrogens is 300 g/mol. The van der Waals surface area contributed by atoms with E-state index in [2.05, 4.69) is 24.0 Å². The smallest absolute Gasteiger partial charge is 0.118 e. The largest absolute Gasteiger partial charge is 0.144 e. The molecule has 1 aromatic rings. The van der Waals surface area contributed by atoms with E-state index in [9.17, 15) is 0 Å². The van der Waals surface area contributed by atoms with Crippen LogP contribution in [0.4, 0.5) is 0 Å². The Morgan fingerprint density at radius 3 is 2.33 bits per heavy atom. The van der Waals surface area contributed by atoms with Gasteiger partial charge < -0.3 is 0 Å². The van der Waals surface area contributed by atoms with E-state index >= 15 is 0 Å². The van der Waals surface area contributed by atoms with Gasteiger partial charge in [-0.15, -0.1) is 33.1 Å². The van der Waals surface area contributed by atoms with Crippen molar-refractivity contribution in [1.82, 2.24) is 10.2 Å². The maximum atomic E-state index is 5.82. The number of nitrogens with zero attached hydrogens (tertiary/aromatic N) is 2. The van der Waals surface area contributed by atoms with Gasteiger partial charge in [-0.25, -0.2) is 0 Å². The molecule has 2 unspecified atom stereocenters. The van der Waals surface area contributed by atoms with E-state index < -0.39 is 0 Å². The molecule has 2 nitrogen and oxygen atoms in total. The Balaban J connectivity index is 1.59. The van der Waals surface area contributed by atoms with Gasteiger partial charge >= 0.3 is 0 Å². The normalized spacial score (nSPS) is 44.4. The van der Waals surface area contributed by atoms with Gasteiger partial charge in [-0.2, -0.15) is 0 Å². The SMILES string of the molecule is CC12CC3CC(C)(C1)CC(Cc1nnc(CCCl)s1)(C3)C2. The molecule has 0 spiro atoms. The highest BCUT2D eigenvalue weighted by atomic mass is 35.5. The first-order chi connectivity index (χ1) is 9.92. The fourth-order valence-corrected chi connectivity index (χ4v) is 8.05. The summed E-state index contributed by atoms with van der Waals surface area (Å²) in [6, 6.07) is 0.